The fraction of sp³-hybridized carbons (Fsp3) is 0.389. The van der Waals surface area contributed by atoms with Crippen LogP contribution in [0.25, 0.3) is 0 Å². The first kappa shape index (κ1) is 16.9. The lowest BCUT2D eigenvalue weighted by atomic mass is 10.1. The number of hydrogen-bond acceptors (Lipinski definition) is 4. The molecule has 122 valence electrons. The molecule has 0 aliphatic rings. The van der Waals surface area contributed by atoms with Gasteiger partial charge in [-0.25, -0.2) is 9.97 Å². The number of amides is 1. The van der Waals surface area contributed by atoms with Crippen molar-refractivity contribution in [2.24, 2.45) is 0 Å². The molecular weight excluding hydrogens is 288 g/mol. The minimum Gasteiger partial charge on any atom is -0.368 e. The molecule has 2 N–H and O–H groups in total. The van der Waals surface area contributed by atoms with E-state index in [1.165, 1.54) is 0 Å². The highest BCUT2D eigenvalue weighted by molar-refractivity contribution is 6.03. The highest BCUT2D eigenvalue weighted by Crippen LogP contribution is 2.18. The molecule has 0 aliphatic heterocycles. The maximum absolute atomic E-state index is 12.5. The molecule has 0 fully saturated rings. The van der Waals surface area contributed by atoms with Crippen molar-refractivity contribution in [3.05, 3.63) is 46.9 Å². The summed E-state index contributed by atoms with van der Waals surface area (Å²) in [6.45, 7) is 9.93. The van der Waals surface area contributed by atoms with Crippen molar-refractivity contribution in [2.75, 3.05) is 10.6 Å². The van der Waals surface area contributed by atoms with Gasteiger partial charge in [0, 0.05) is 17.8 Å². The van der Waals surface area contributed by atoms with E-state index in [0.717, 1.165) is 23.2 Å². The van der Waals surface area contributed by atoms with Crippen molar-refractivity contribution < 1.29 is 4.79 Å². The number of rotatable bonds is 5. The molecule has 0 saturated carbocycles. The molecule has 0 aliphatic carbocycles. The highest BCUT2D eigenvalue weighted by Gasteiger charge is 2.13. The van der Waals surface area contributed by atoms with Crippen LogP contribution in [0, 0.1) is 20.8 Å². The monoisotopic (exact) mass is 312 g/mol. The van der Waals surface area contributed by atoms with Crippen molar-refractivity contribution in [3.63, 3.8) is 0 Å². The minimum atomic E-state index is -0.226. The normalized spacial score (nSPS) is 11.9. The Balaban J connectivity index is 2.23. The molecule has 23 heavy (non-hydrogen) atoms. The third-order valence-electron chi connectivity index (χ3n) is 3.72. The number of nitrogens with one attached hydrogen (secondary N) is 2. The van der Waals surface area contributed by atoms with Crippen molar-refractivity contribution in [3.8, 4) is 0 Å². The second-order valence-corrected chi connectivity index (χ2v) is 5.91. The third-order valence-corrected chi connectivity index (χ3v) is 3.72. The number of anilines is 2. The van der Waals surface area contributed by atoms with E-state index in [0.29, 0.717) is 23.4 Å². The molecule has 1 aromatic heterocycles. The number of hydrogen-bond donors (Lipinski definition) is 2. The van der Waals surface area contributed by atoms with E-state index in [1.54, 1.807) is 13.0 Å². The number of aryl methyl sites for hydroxylation is 3. The zero-order chi connectivity index (χ0) is 17.0. The smallest absolute Gasteiger partial charge is 0.274 e. The summed E-state index contributed by atoms with van der Waals surface area (Å²) in [5.41, 5.74) is 3.29. The van der Waals surface area contributed by atoms with Crippen molar-refractivity contribution in [1.29, 1.82) is 0 Å². The summed E-state index contributed by atoms with van der Waals surface area (Å²) in [5.74, 6) is 1.03. The van der Waals surface area contributed by atoms with Crippen molar-refractivity contribution in [1.82, 2.24) is 9.97 Å². The molecule has 2 aromatic rings. The minimum absolute atomic E-state index is 0.226. The van der Waals surface area contributed by atoms with E-state index in [2.05, 4.69) is 34.4 Å². The molecule has 1 aromatic carbocycles. The summed E-state index contributed by atoms with van der Waals surface area (Å²) < 4.78 is 0. The van der Waals surface area contributed by atoms with Gasteiger partial charge in [0.05, 0.1) is 0 Å². The summed E-state index contributed by atoms with van der Waals surface area (Å²) >= 11 is 0. The van der Waals surface area contributed by atoms with Crippen LogP contribution < -0.4 is 10.6 Å². The van der Waals surface area contributed by atoms with Crippen LogP contribution in [0.1, 0.15) is 47.7 Å². The Morgan fingerprint density at radius 3 is 2.61 bits per heavy atom. The largest absolute Gasteiger partial charge is 0.368 e. The summed E-state index contributed by atoms with van der Waals surface area (Å²) in [5, 5.41) is 6.21. The van der Waals surface area contributed by atoms with Crippen LogP contribution in [0.4, 0.5) is 11.5 Å². The molecule has 1 atom stereocenters. The van der Waals surface area contributed by atoms with Gasteiger partial charge in [0.15, 0.2) is 0 Å². The van der Waals surface area contributed by atoms with Gasteiger partial charge in [-0.05, 0) is 51.3 Å². The SMILES string of the molecule is CCC(C)Nc1cc(C(=O)Nc2cc(C)ccc2C)nc(C)n1. The topological polar surface area (TPSA) is 66.9 Å². The van der Waals surface area contributed by atoms with Crippen LogP contribution >= 0.6 is 0 Å². The van der Waals surface area contributed by atoms with Gasteiger partial charge in [-0.2, -0.15) is 0 Å². The first-order chi connectivity index (χ1) is 10.9. The predicted octanol–water partition coefficient (Wildman–Crippen LogP) is 3.86. The first-order valence-electron chi connectivity index (χ1n) is 7.90. The van der Waals surface area contributed by atoms with Crippen LogP contribution in [0.2, 0.25) is 0 Å². The fourth-order valence-electron chi connectivity index (χ4n) is 2.17. The summed E-state index contributed by atoms with van der Waals surface area (Å²) in [6.07, 6.45) is 0.979. The van der Waals surface area contributed by atoms with Gasteiger partial charge in [0.2, 0.25) is 0 Å². The quantitative estimate of drug-likeness (QED) is 0.879. The van der Waals surface area contributed by atoms with Gasteiger partial charge >= 0.3 is 0 Å². The van der Waals surface area contributed by atoms with Crippen LogP contribution in [0.15, 0.2) is 24.3 Å². The van der Waals surface area contributed by atoms with Crippen LogP contribution in [0.3, 0.4) is 0 Å². The van der Waals surface area contributed by atoms with Crippen LogP contribution in [-0.4, -0.2) is 21.9 Å². The van der Waals surface area contributed by atoms with Crippen LogP contribution in [0.5, 0.6) is 0 Å². The van der Waals surface area contributed by atoms with E-state index in [1.807, 2.05) is 32.0 Å². The number of benzene rings is 1. The van der Waals surface area contributed by atoms with E-state index in [-0.39, 0.29) is 5.91 Å². The van der Waals surface area contributed by atoms with Crippen LogP contribution in [-0.2, 0) is 0 Å². The Morgan fingerprint density at radius 1 is 1.17 bits per heavy atom. The Morgan fingerprint density at radius 2 is 1.91 bits per heavy atom. The van der Waals surface area contributed by atoms with Crippen molar-refractivity contribution in [2.45, 2.75) is 47.1 Å². The van der Waals surface area contributed by atoms with Gasteiger partial charge < -0.3 is 10.6 Å². The first-order valence-corrected chi connectivity index (χ1v) is 7.90. The lowest BCUT2D eigenvalue weighted by molar-refractivity contribution is 0.102. The molecule has 0 spiro atoms. The van der Waals surface area contributed by atoms with E-state index in [4.69, 9.17) is 0 Å². The van der Waals surface area contributed by atoms with E-state index in [9.17, 15) is 4.79 Å². The highest BCUT2D eigenvalue weighted by atomic mass is 16.1. The standard InChI is InChI=1S/C18H24N4O/c1-6-13(4)19-17-10-16(20-14(5)21-17)18(23)22-15-9-11(2)7-8-12(15)3/h7-10,13H,6H2,1-5H3,(H,22,23)(H,19,20,21). The average molecular weight is 312 g/mol. The Labute approximate surface area is 137 Å². The number of carbonyl (C=O) groups is 1. The molecule has 0 saturated heterocycles. The van der Waals surface area contributed by atoms with Gasteiger partial charge in [0.25, 0.3) is 5.91 Å². The molecule has 1 amide bonds. The summed E-state index contributed by atoms with van der Waals surface area (Å²) in [4.78, 5) is 21.1. The second-order valence-electron chi connectivity index (χ2n) is 5.91. The van der Waals surface area contributed by atoms with E-state index >= 15 is 0 Å². The maximum atomic E-state index is 12.5. The Hall–Kier alpha value is -2.43. The summed E-state index contributed by atoms with van der Waals surface area (Å²) in [6, 6.07) is 7.96. The maximum Gasteiger partial charge on any atom is 0.274 e. The van der Waals surface area contributed by atoms with Gasteiger partial charge in [-0.1, -0.05) is 19.1 Å². The predicted molar refractivity (Wildman–Crippen MR) is 94.0 cm³/mol. The number of nitrogens with zero attached hydrogens (tertiary/aromatic N) is 2. The molecule has 0 radical (unpaired) electrons. The van der Waals surface area contributed by atoms with Gasteiger partial charge in [0.1, 0.15) is 17.3 Å². The number of aromatic nitrogens is 2. The molecular formula is C18H24N4O. The molecule has 5 nitrogen and oxygen atoms in total. The fourth-order valence-corrected chi connectivity index (χ4v) is 2.17. The zero-order valence-corrected chi connectivity index (χ0v) is 14.4. The molecule has 0 bridgehead atoms. The van der Waals surface area contributed by atoms with Gasteiger partial charge in [-0.3, -0.25) is 4.79 Å². The molecule has 2 rings (SSSR count). The number of carbonyl (C=O) groups excluding carboxylic acids is 1. The average Bonchev–Trinajstić information content (AvgIpc) is 2.50. The van der Waals surface area contributed by atoms with Gasteiger partial charge in [-0.15, -0.1) is 0 Å². The Kier molecular flexibility index (Phi) is 5.32. The zero-order valence-electron chi connectivity index (χ0n) is 14.4. The molecule has 5 heteroatoms. The summed E-state index contributed by atoms with van der Waals surface area (Å²) in [7, 11) is 0. The Bertz CT molecular complexity index is 712. The van der Waals surface area contributed by atoms with E-state index < -0.39 is 0 Å². The lowest BCUT2D eigenvalue weighted by Gasteiger charge is -2.14. The van der Waals surface area contributed by atoms with Crippen molar-refractivity contribution >= 4 is 17.4 Å². The third kappa shape index (κ3) is 4.52. The lowest BCUT2D eigenvalue weighted by Crippen LogP contribution is -2.19. The molecule has 1 heterocycles. The molecule has 1 unspecified atom stereocenters. The second kappa shape index (κ2) is 7.22.